The molecule has 0 bridgehead atoms. The highest BCUT2D eigenvalue weighted by Crippen LogP contribution is 2.32. The number of carbonyl (C=O) groups is 2. The molecule has 0 saturated heterocycles. The predicted octanol–water partition coefficient (Wildman–Crippen LogP) is 5.50. The lowest BCUT2D eigenvalue weighted by Crippen LogP contribution is -2.54. The fraction of sp³-hybridized carbons (Fsp3) is 0.412. The molecule has 3 aromatic rings. The number of carbonyl (C=O) groups excluding carboxylic acids is 2. The number of hydrogen-bond donors (Lipinski definition) is 1. The topological polar surface area (TPSA) is 96.0 Å². The van der Waals surface area contributed by atoms with Crippen LogP contribution in [-0.2, 0) is 26.0 Å². The number of hydrogen-bond acceptors (Lipinski definition) is 5. The number of anilines is 1. The minimum atomic E-state index is -4.17. The molecule has 8 nitrogen and oxygen atoms in total. The first kappa shape index (κ1) is 32.1. The van der Waals surface area contributed by atoms with Crippen LogP contribution in [0.25, 0.3) is 0 Å². The van der Waals surface area contributed by atoms with Crippen molar-refractivity contribution in [3.05, 3.63) is 90.0 Å². The Morgan fingerprint density at radius 1 is 0.930 bits per heavy atom. The van der Waals surface area contributed by atoms with E-state index in [9.17, 15) is 18.0 Å². The van der Waals surface area contributed by atoms with E-state index in [1.54, 1.807) is 41.3 Å². The first-order chi connectivity index (χ1) is 20.7. The van der Waals surface area contributed by atoms with Crippen LogP contribution in [0.1, 0.15) is 56.6 Å². The molecule has 3 aromatic carbocycles. The van der Waals surface area contributed by atoms with E-state index in [-0.39, 0.29) is 29.1 Å². The van der Waals surface area contributed by atoms with Crippen LogP contribution in [0.15, 0.2) is 83.8 Å². The Morgan fingerprint density at radius 3 is 2.23 bits per heavy atom. The van der Waals surface area contributed by atoms with Gasteiger partial charge in [-0.05, 0) is 62.4 Å². The van der Waals surface area contributed by atoms with Crippen LogP contribution in [0.5, 0.6) is 5.75 Å². The molecule has 1 atom stereocenters. The average Bonchev–Trinajstić information content (AvgIpc) is 3.02. The third kappa shape index (κ3) is 8.16. The standard InChI is InChI=1S/C34H43N3O5S/c1-4-30(34(39)35-28-15-9-6-10-16-28)36(24-23-27-13-7-5-8-14-27)33(38)25-37(31-17-11-12-18-32(31)42-3)43(40,41)29-21-19-26(2)20-22-29/h5,7-8,11-14,17-22,28,30H,4,6,9-10,15-16,23-25H2,1-3H3,(H,35,39)/t30-/m1/s1. The van der Waals surface area contributed by atoms with Gasteiger partial charge in [-0.15, -0.1) is 0 Å². The summed E-state index contributed by atoms with van der Waals surface area (Å²) in [5, 5.41) is 3.18. The number of ether oxygens (including phenoxy) is 1. The van der Waals surface area contributed by atoms with Gasteiger partial charge in [-0.1, -0.05) is 86.3 Å². The van der Waals surface area contributed by atoms with Crippen molar-refractivity contribution in [1.82, 2.24) is 10.2 Å². The van der Waals surface area contributed by atoms with Crippen molar-refractivity contribution in [2.24, 2.45) is 0 Å². The maximum Gasteiger partial charge on any atom is 0.264 e. The van der Waals surface area contributed by atoms with E-state index >= 15 is 0 Å². The van der Waals surface area contributed by atoms with Crippen molar-refractivity contribution in [3.8, 4) is 5.75 Å². The summed E-state index contributed by atoms with van der Waals surface area (Å²) in [4.78, 5) is 29.5. The quantitative estimate of drug-likeness (QED) is 0.278. The summed E-state index contributed by atoms with van der Waals surface area (Å²) in [5.41, 5.74) is 2.19. The number of sulfonamides is 1. The van der Waals surface area contributed by atoms with Crippen LogP contribution in [-0.4, -0.2) is 57.4 Å². The second-order valence-electron chi connectivity index (χ2n) is 11.1. The zero-order valence-corrected chi connectivity index (χ0v) is 26.2. The molecule has 1 fully saturated rings. The second kappa shape index (κ2) is 15.0. The second-order valence-corrected chi connectivity index (χ2v) is 12.9. The van der Waals surface area contributed by atoms with Crippen molar-refractivity contribution in [2.75, 3.05) is 24.5 Å². The highest BCUT2D eigenvalue weighted by Gasteiger charge is 2.35. The van der Waals surface area contributed by atoms with Crippen LogP contribution in [0.3, 0.4) is 0 Å². The molecule has 0 aromatic heterocycles. The minimum absolute atomic E-state index is 0.0646. The lowest BCUT2D eigenvalue weighted by molar-refractivity contribution is -0.140. The summed E-state index contributed by atoms with van der Waals surface area (Å²) < 4.78 is 34.8. The van der Waals surface area contributed by atoms with Crippen molar-refractivity contribution >= 4 is 27.5 Å². The molecule has 0 aliphatic heterocycles. The number of methoxy groups -OCH3 is 1. The molecule has 1 aliphatic rings. The normalized spacial score (nSPS) is 14.5. The van der Waals surface area contributed by atoms with Gasteiger partial charge in [-0.2, -0.15) is 0 Å². The first-order valence-corrected chi connectivity index (χ1v) is 16.5. The van der Waals surface area contributed by atoms with E-state index in [0.717, 1.165) is 41.1 Å². The zero-order valence-electron chi connectivity index (χ0n) is 25.4. The van der Waals surface area contributed by atoms with Gasteiger partial charge < -0.3 is 15.0 Å². The predicted molar refractivity (Wildman–Crippen MR) is 170 cm³/mol. The summed E-state index contributed by atoms with van der Waals surface area (Å²) in [7, 11) is -2.70. The lowest BCUT2D eigenvalue weighted by atomic mass is 9.95. The number of para-hydroxylation sites is 2. The zero-order chi connectivity index (χ0) is 30.8. The van der Waals surface area contributed by atoms with E-state index in [4.69, 9.17) is 4.74 Å². The Kier molecular flexibility index (Phi) is 11.2. The highest BCUT2D eigenvalue weighted by molar-refractivity contribution is 7.92. The molecule has 9 heteroatoms. The number of benzene rings is 3. The minimum Gasteiger partial charge on any atom is -0.495 e. The molecular formula is C34H43N3O5S. The molecule has 1 saturated carbocycles. The summed E-state index contributed by atoms with van der Waals surface area (Å²) in [6.45, 7) is 3.54. The van der Waals surface area contributed by atoms with Gasteiger partial charge in [-0.25, -0.2) is 8.42 Å². The van der Waals surface area contributed by atoms with Gasteiger partial charge in [-0.3, -0.25) is 13.9 Å². The van der Waals surface area contributed by atoms with Gasteiger partial charge in [0.05, 0.1) is 17.7 Å². The van der Waals surface area contributed by atoms with Crippen molar-refractivity contribution < 1.29 is 22.7 Å². The summed E-state index contributed by atoms with van der Waals surface area (Å²) >= 11 is 0. The Balaban J connectivity index is 1.69. The Morgan fingerprint density at radius 2 is 1.58 bits per heavy atom. The number of amides is 2. The van der Waals surface area contributed by atoms with Crippen LogP contribution < -0.4 is 14.4 Å². The Labute approximate surface area is 256 Å². The lowest BCUT2D eigenvalue weighted by Gasteiger charge is -2.34. The molecule has 2 amide bonds. The molecular weight excluding hydrogens is 562 g/mol. The SMILES string of the molecule is CC[C@H](C(=O)NC1CCCCC1)N(CCc1ccccc1)C(=O)CN(c1ccccc1OC)S(=O)(=O)c1ccc(C)cc1. The van der Waals surface area contributed by atoms with Crippen LogP contribution >= 0.6 is 0 Å². The van der Waals surface area contributed by atoms with E-state index in [0.29, 0.717) is 18.6 Å². The summed E-state index contributed by atoms with van der Waals surface area (Å²) in [5.74, 6) is -0.326. The van der Waals surface area contributed by atoms with Crippen molar-refractivity contribution in [1.29, 1.82) is 0 Å². The van der Waals surface area contributed by atoms with Gasteiger partial charge in [0.1, 0.15) is 18.3 Å². The molecule has 0 unspecified atom stereocenters. The maximum atomic E-state index is 14.3. The molecule has 1 aliphatic carbocycles. The maximum absolute atomic E-state index is 14.3. The van der Waals surface area contributed by atoms with Gasteiger partial charge in [0.15, 0.2) is 0 Å². The van der Waals surface area contributed by atoms with Crippen molar-refractivity contribution in [2.45, 2.75) is 75.8 Å². The smallest absolute Gasteiger partial charge is 0.264 e. The number of aryl methyl sites for hydroxylation is 1. The van der Waals surface area contributed by atoms with Crippen LogP contribution in [0.4, 0.5) is 5.69 Å². The molecule has 43 heavy (non-hydrogen) atoms. The van der Waals surface area contributed by atoms with E-state index < -0.39 is 28.5 Å². The Bertz CT molecular complexity index is 1450. The number of nitrogens with one attached hydrogen (secondary N) is 1. The molecule has 4 rings (SSSR count). The van der Waals surface area contributed by atoms with E-state index in [1.807, 2.05) is 44.2 Å². The monoisotopic (exact) mass is 605 g/mol. The average molecular weight is 606 g/mol. The summed E-state index contributed by atoms with van der Waals surface area (Å²) in [6, 6.07) is 22.4. The molecule has 0 heterocycles. The largest absolute Gasteiger partial charge is 0.495 e. The van der Waals surface area contributed by atoms with Crippen molar-refractivity contribution in [3.63, 3.8) is 0 Å². The fourth-order valence-corrected chi connectivity index (χ4v) is 7.05. The number of nitrogens with zero attached hydrogens (tertiary/aromatic N) is 2. The third-order valence-electron chi connectivity index (χ3n) is 8.06. The van der Waals surface area contributed by atoms with E-state index in [2.05, 4.69) is 5.32 Å². The first-order valence-electron chi connectivity index (χ1n) is 15.1. The van der Waals surface area contributed by atoms with Crippen LogP contribution in [0, 0.1) is 6.92 Å². The van der Waals surface area contributed by atoms with Gasteiger partial charge in [0, 0.05) is 12.6 Å². The molecule has 0 spiro atoms. The van der Waals surface area contributed by atoms with Gasteiger partial charge in [0.25, 0.3) is 10.0 Å². The summed E-state index contributed by atoms with van der Waals surface area (Å²) in [6.07, 6.45) is 6.09. The van der Waals surface area contributed by atoms with Gasteiger partial charge in [0.2, 0.25) is 11.8 Å². The van der Waals surface area contributed by atoms with Crippen LogP contribution in [0.2, 0.25) is 0 Å². The fourth-order valence-electron chi connectivity index (χ4n) is 5.63. The molecule has 230 valence electrons. The molecule has 0 radical (unpaired) electrons. The third-order valence-corrected chi connectivity index (χ3v) is 9.84. The highest BCUT2D eigenvalue weighted by atomic mass is 32.2. The molecule has 1 N–H and O–H groups in total. The Hall–Kier alpha value is -3.85. The number of rotatable bonds is 13. The van der Waals surface area contributed by atoms with E-state index in [1.165, 1.54) is 25.7 Å². The van der Waals surface area contributed by atoms with Gasteiger partial charge >= 0.3 is 0 Å².